The van der Waals surface area contributed by atoms with Gasteiger partial charge in [0.2, 0.25) is 5.91 Å². The van der Waals surface area contributed by atoms with Crippen LogP contribution in [0.25, 0.3) is 0 Å². The van der Waals surface area contributed by atoms with Crippen LogP contribution in [0.15, 0.2) is 33.6 Å². The second kappa shape index (κ2) is 7.50. The van der Waals surface area contributed by atoms with Crippen molar-refractivity contribution in [3.63, 3.8) is 0 Å². The Bertz CT molecular complexity index is 736. The van der Waals surface area contributed by atoms with Crippen molar-refractivity contribution in [2.75, 3.05) is 18.8 Å². The van der Waals surface area contributed by atoms with Crippen molar-refractivity contribution in [3.8, 4) is 0 Å². The van der Waals surface area contributed by atoms with E-state index in [9.17, 15) is 4.79 Å². The largest absolute Gasteiger partial charge is 0.342 e. The zero-order chi connectivity index (χ0) is 17.2. The number of thioether (sulfide) groups is 1. The van der Waals surface area contributed by atoms with Gasteiger partial charge < -0.3 is 4.90 Å². The molecule has 2 fully saturated rings. The molecule has 0 bridgehead atoms. The molecule has 0 radical (unpaired) electrons. The minimum absolute atomic E-state index is 0.225. The average molecular weight is 421 g/mol. The normalized spacial score (nSPS) is 18.5. The van der Waals surface area contributed by atoms with Gasteiger partial charge in [0, 0.05) is 34.3 Å². The van der Waals surface area contributed by atoms with Crippen LogP contribution in [-0.4, -0.2) is 44.8 Å². The van der Waals surface area contributed by atoms with E-state index in [1.807, 2.05) is 29.2 Å². The first-order valence-electron chi connectivity index (χ1n) is 8.77. The number of rotatable bonds is 5. The number of amides is 1. The highest BCUT2D eigenvalue weighted by atomic mass is 79.9. The smallest absolute Gasteiger partial charge is 0.232 e. The molecule has 25 heavy (non-hydrogen) atoms. The summed E-state index contributed by atoms with van der Waals surface area (Å²) < 4.78 is 1.06. The zero-order valence-electron chi connectivity index (χ0n) is 13.9. The van der Waals surface area contributed by atoms with Gasteiger partial charge in [0.05, 0.1) is 5.75 Å². The van der Waals surface area contributed by atoms with Gasteiger partial charge in [-0.15, -0.1) is 11.8 Å². The number of H-pyrrole nitrogens is 1. The van der Waals surface area contributed by atoms with Crippen LogP contribution in [0.5, 0.6) is 0 Å². The standard InChI is InChI=1S/C18H21BrN4OS/c19-14-3-5-15(6-4-14)25-11-16(24)23-9-7-13(8-10-23)18-20-17(21-22-18)12-1-2-12/h3-6,12-13H,1-2,7-11H2,(H,20,21,22). The fourth-order valence-corrected chi connectivity index (χ4v) is 4.23. The molecule has 1 aromatic carbocycles. The second-order valence-electron chi connectivity index (χ2n) is 6.75. The van der Waals surface area contributed by atoms with Crippen molar-refractivity contribution in [2.24, 2.45) is 0 Å². The number of nitrogens with zero attached hydrogens (tertiary/aromatic N) is 3. The lowest BCUT2D eigenvalue weighted by molar-refractivity contribution is -0.129. The number of likely N-dealkylation sites (tertiary alicyclic amines) is 1. The summed E-state index contributed by atoms with van der Waals surface area (Å²) in [7, 11) is 0. The summed E-state index contributed by atoms with van der Waals surface area (Å²) >= 11 is 5.03. The van der Waals surface area contributed by atoms with Gasteiger partial charge >= 0.3 is 0 Å². The van der Waals surface area contributed by atoms with Crippen LogP contribution in [0, 0.1) is 0 Å². The molecular formula is C18H21BrN4OS. The monoisotopic (exact) mass is 420 g/mol. The molecular weight excluding hydrogens is 400 g/mol. The van der Waals surface area contributed by atoms with Gasteiger partial charge in [-0.05, 0) is 49.9 Å². The predicted octanol–water partition coefficient (Wildman–Crippen LogP) is 3.94. The zero-order valence-corrected chi connectivity index (χ0v) is 16.4. The van der Waals surface area contributed by atoms with E-state index in [0.717, 1.165) is 46.9 Å². The summed E-state index contributed by atoms with van der Waals surface area (Å²) in [5, 5.41) is 7.47. The number of hydrogen-bond donors (Lipinski definition) is 1. The van der Waals surface area contributed by atoms with E-state index >= 15 is 0 Å². The van der Waals surface area contributed by atoms with Crippen LogP contribution in [0.2, 0.25) is 0 Å². The number of halogens is 1. The Morgan fingerprint density at radius 3 is 2.56 bits per heavy atom. The number of hydrogen-bond acceptors (Lipinski definition) is 4. The Balaban J connectivity index is 1.25. The van der Waals surface area contributed by atoms with Crippen LogP contribution in [0.4, 0.5) is 0 Å². The highest BCUT2D eigenvalue weighted by Crippen LogP contribution is 2.38. The van der Waals surface area contributed by atoms with Crippen molar-refractivity contribution in [2.45, 2.75) is 42.4 Å². The Kier molecular flexibility index (Phi) is 5.12. The topological polar surface area (TPSA) is 61.9 Å². The second-order valence-corrected chi connectivity index (χ2v) is 8.72. The Labute approximate surface area is 160 Å². The number of aromatic amines is 1. The van der Waals surface area contributed by atoms with E-state index in [1.165, 1.54) is 12.8 Å². The lowest BCUT2D eigenvalue weighted by atomic mass is 9.96. The Hall–Kier alpha value is -1.34. The van der Waals surface area contributed by atoms with E-state index in [1.54, 1.807) is 11.8 Å². The molecule has 1 aromatic heterocycles. The summed E-state index contributed by atoms with van der Waals surface area (Å²) in [6.07, 6.45) is 4.38. The number of piperidine rings is 1. The molecule has 1 amide bonds. The summed E-state index contributed by atoms with van der Waals surface area (Å²) in [6.45, 7) is 1.62. The van der Waals surface area contributed by atoms with Crippen LogP contribution < -0.4 is 0 Å². The number of benzene rings is 1. The van der Waals surface area contributed by atoms with E-state index in [4.69, 9.17) is 0 Å². The number of aromatic nitrogens is 3. The van der Waals surface area contributed by atoms with Gasteiger partial charge in [-0.25, -0.2) is 4.98 Å². The average Bonchev–Trinajstić information content (AvgIpc) is 3.38. The van der Waals surface area contributed by atoms with Crippen LogP contribution in [0.3, 0.4) is 0 Å². The molecule has 1 aliphatic carbocycles. The highest BCUT2D eigenvalue weighted by Gasteiger charge is 2.30. The molecule has 2 heterocycles. The number of carbonyl (C=O) groups is 1. The summed E-state index contributed by atoms with van der Waals surface area (Å²) in [6, 6.07) is 8.09. The summed E-state index contributed by atoms with van der Waals surface area (Å²) in [5.74, 6) is 3.71. The number of carbonyl (C=O) groups excluding carboxylic acids is 1. The minimum Gasteiger partial charge on any atom is -0.342 e. The molecule has 2 aliphatic rings. The van der Waals surface area contributed by atoms with Crippen LogP contribution in [0.1, 0.15) is 49.2 Å². The molecule has 1 N–H and O–H groups in total. The summed E-state index contributed by atoms with van der Waals surface area (Å²) in [5.41, 5.74) is 0. The maximum absolute atomic E-state index is 12.4. The van der Waals surface area contributed by atoms with Crippen molar-refractivity contribution < 1.29 is 4.79 Å². The van der Waals surface area contributed by atoms with Gasteiger partial charge in [0.15, 0.2) is 5.82 Å². The van der Waals surface area contributed by atoms with Crippen molar-refractivity contribution in [1.82, 2.24) is 20.1 Å². The van der Waals surface area contributed by atoms with E-state index in [0.29, 0.717) is 17.6 Å². The lowest BCUT2D eigenvalue weighted by Gasteiger charge is -2.31. The van der Waals surface area contributed by atoms with Gasteiger partial charge in [0.25, 0.3) is 0 Å². The van der Waals surface area contributed by atoms with E-state index in [-0.39, 0.29) is 5.91 Å². The molecule has 2 aromatic rings. The van der Waals surface area contributed by atoms with Crippen molar-refractivity contribution in [1.29, 1.82) is 0 Å². The molecule has 1 saturated carbocycles. The van der Waals surface area contributed by atoms with E-state index in [2.05, 4.69) is 31.1 Å². The Morgan fingerprint density at radius 2 is 1.88 bits per heavy atom. The third-order valence-corrected chi connectivity index (χ3v) is 6.40. The van der Waals surface area contributed by atoms with Gasteiger partial charge in [-0.2, -0.15) is 5.10 Å². The Morgan fingerprint density at radius 1 is 1.16 bits per heavy atom. The predicted molar refractivity (Wildman–Crippen MR) is 102 cm³/mol. The third kappa shape index (κ3) is 4.26. The minimum atomic E-state index is 0.225. The SMILES string of the molecule is O=C(CSc1ccc(Br)cc1)N1CCC(c2nc(C3CC3)n[nH]2)CC1. The highest BCUT2D eigenvalue weighted by molar-refractivity contribution is 9.10. The maximum atomic E-state index is 12.4. The van der Waals surface area contributed by atoms with Gasteiger partial charge in [-0.1, -0.05) is 15.9 Å². The first-order chi connectivity index (χ1) is 12.2. The van der Waals surface area contributed by atoms with Crippen molar-refractivity contribution in [3.05, 3.63) is 40.4 Å². The molecule has 0 atom stereocenters. The first kappa shape index (κ1) is 17.1. The molecule has 5 nitrogen and oxygen atoms in total. The fourth-order valence-electron chi connectivity index (χ4n) is 3.16. The third-order valence-electron chi connectivity index (χ3n) is 4.87. The van der Waals surface area contributed by atoms with Gasteiger partial charge in [-0.3, -0.25) is 9.89 Å². The molecule has 7 heteroatoms. The molecule has 1 aliphatic heterocycles. The van der Waals surface area contributed by atoms with Gasteiger partial charge in [0.1, 0.15) is 5.82 Å². The molecule has 0 unspecified atom stereocenters. The number of nitrogens with one attached hydrogen (secondary N) is 1. The molecule has 4 rings (SSSR count). The molecule has 1 saturated heterocycles. The maximum Gasteiger partial charge on any atom is 0.232 e. The van der Waals surface area contributed by atoms with Crippen molar-refractivity contribution >= 4 is 33.6 Å². The summed E-state index contributed by atoms with van der Waals surface area (Å²) in [4.78, 5) is 20.2. The lowest BCUT2D eigenvalue weighted by Crippen LogP contribution is -2.39. The molecule has 0 spiro atoms. The van der Waals surface area contributed by atoms with Crippen LogP contribution in [-0.2, 0) is 4.79 Å². The first-order valence-corrected chi connectivity index (χ1v) is 10.6. The van der Waals surface area contributed by atoms with Crippen LogP contribution >= 0.6 is 27.7 Å². The van der Waals surface area contributed by atoms with E-state index < -0.39 is 0 Å². The quantitative estimate of drug-likeness (QED) is 0.743. The fraction of sp³-hybridized carbons (Fsp3) is 0.500. The molecule has 132 valence electrons.